The summed E-state index contributed by atoms with van der Waals surface area (Å²) >= 11 is 0. The van der Waals surface area contributed by atoms with Gasteiger partial charge in [0.05, 0.1) is 6.26 Å². The molecular formula is C15H17NO2. The summed E-state index contributed by atoms with van der Waals surface area (Å²) in [4.78, 5) is 12.0. The van der Waals surface area contributed by atoms with E-state index >= 15 is 0 Å². The molecule has 2 rings (SSSR count). The largest absolute Gasteiger partial charge is 0.459 e. The number of aryl methyl sites for hydroxylation is 2. The summed E-state index contributed by atoms with van der Waals surface area (Å²) in [7, 11) is 0. The third-order valence-corrected chi connectivity index (χ3v) is 2.98. The zero-order chi connectivity index (χ0) is 13.0. The Morgan fingerprint density at radius 2 is 1.78 bits per heavy atom. The summed E-state index contributed by atoms with van der Waals surface area (Å²) in [6, 6.07) is 9.48. The molecule has 1 amide bonds. The molecule has 0 saturated carbocycles. The predicted octanol–water partition coefficient (Wildman–Crippen LogP) is 3.66. The van der Waals surface area contributed by atoms with Crippen molar-refractivity contribution in [1.29, 1.82) is 0 Å². The number of nitrogens with one attached hydrogen (secondary N) is 1. The summed E-state index contributed by atoms with van der Waals surface area (Å²) in [5.74, 6) is 0.138. The molecule has 0 radical (unpaired) electrons. The van der Waals surface area contributed by atoms with E-state index in [-0.39, 0.29) is 5.91 Å². The highest BCUT2D eigenvalue weighted by Gasteiger charge is 2.13. The Hall–Kier alpha value is -2.03. The number of carbonyl (C=O) groups is 1. The van der Waals surface area contributed by atoms with Crippen LogP contribution in [0.15, 0.2) is 41.0 Å². The van der Waals surface area contributed by atoms with E-state index in [1.807, 2.05) is 18.2 Å². The van der Waals surface area contributed by atoms with Gasteiger partial charge in [-0.25, -0.2) is 0 Å². The van der Waals surface area contributed by atoms with Crippen LogP contribution >= 0.6 is 0 Å². The van der Waals surface area contributed by atoms with Gasteiger partial charge in [0.25, 0.3) is 5.91 Å². The van der Waals surface area contributed by atoms with Crippen molar-refractivity contribution in [3.8, 4) is 0 Å². The average molecular weight is 243 g/mol. The van der Waals surface area contributed by atoms with E-state index in [1.54, 1.807) is 12.1 Å². The summed E-state index contributed by atoms with van der Waals surface area (Å²) in [6.07, 6.45) is 3.28. The van der Waals surface area contributed by atoms with Crippen molar-refractivity contribution in [2.75, 3.05) is 5.32 Å². The number of rotatable bonds is 4. The quantitative estimate of drug-likeness (QED) is 0.890. The molecule has 0 bridgehead atoms. The summed E-state index contributed by atoms with van der Waals surface area (Å²) in [5.41, 5.74) is 3.22. The van der Waals surface area contributed by atoms with Gasteiger partial charge in [0.15, 0.2) is 5.76 Å². The van der Waals surface area contributed by atoms with E-state index in [1.165, 1.54) is 6.26 Å². The fourth-order valence-corrected chi connectivity index (χ4v) is 1.99. The van der Waals surface area contributed by atoms with Gasteiger partial charge in [-0.15, -0.1) is 0 Å². The van der Waals surface area contributed by atoms with Gasteiger partial charge in [-0.1, -0.05) is 32.0 Å². The summed E-state index contributed by atoms with van der Waals surface area (Å²) in [6.45, 7) is 4.16. The Kier molecular flexibility index (Phi) is 3.82. The molecule has 3 heteroatoms. The minimum atomic E-state index is -0.199. The van der Waals surface area contributed by atoms with Crippen molar-refractivity contribution in [2.45, 2.75) is 26.7 Å². The van der Waals surface area contributed by atoms with Crippen LogP contribution in [-0.2, 0) is 12.8 Å². The Morgan fingerprint density at radius 3 is 2.28 bits per heavy atom. The Balaban J connectivity index is 2.30. The number of para-hydroxylation sites is 1. The summed E-state index contributed by atoms with van der Waals surface area (Å²) in [5, 5.41) is 2.95. The monoisotopic (exact) mass is 243 g/mol. The van der Waals surface area contributed by atoms with Gasteiger partial charge in [0.1, 0.15) is 0 Å². The van der Waals surface area contributed by atoms with Crippen molar-refractivity contribution in [1.82, 2.24) is 0 Å². The normalized spacial score (nSPS) is 10.3. The molecule has 0 saturated heterocycles. The number of furan rings is 1. The highest BCUT2D eigenvalue weighted by molar-refractivity contribution is 6.03. The fraction of sp³-hybridized carbons (Fsp3) is 0.267. The van der Waals surface area contributed by atoms with Gasteiger partial charge in [0.2, 0.25) is 0 Å². The van der Waals surface area contributed by atoms with Gasteiger partial charge in [-0.05, 0) is 36.1 Å². The van der Waals surface area contributed by atoms with Crippen molar-refractivity contribution >= 4 is 11.6 Å². The standard InChI is InChI=1S/C15H17NO2/c1-3-11-7-5-8-12(4-2)14(11)16-15(17)13-9-6-10-18-13/h5-10H,3-4H2,1-2H3,(H,16,17). The number of hydrogen-bond acceptors (Lipinski definition) is 2. The lowest BCUT2D eigenvalue weighted by molar-refractivity contribution is 0.0996. The molecule has 2 aromatic rings. The number of anilines is 1. The predicted molar refractivity (Wildman–Crippen MR) is 71.9 cm³/mol. The average Bonchev–Trinajstić information content (AvgIpc) is 2.93. The minimum Gasteiger partial charge on any atom is -0.459 e. The van der Waals surface area contributed by atoms with E-state index in [2.05, 4.69) is 19.2 Å². The van der Waals surface area contributed by atoms with Gasteiger partial charge in [0, 0.05) is 5.69 Å². The van der Waals surface area contributed by atoms with Crippen LogP contribution in [-0.4, -0.2) is 5.91 Å². The maximum Gasteiger partial charge on any atom is 0.291 e. The van der Waals surface area contributed by atoms with Crippen LogP contribution in [0.25, 0.3) is 0 Å². The molecule has 0 aliphatic carbocycles. The zero-order valence-electron chi connectivity index (χ0n) is 10.7. The number of benzene rings is 1. The SMILES string of the molecule is CCc1cccc(CC)c1NC(=O)c1ccco1. The highest BCUT2D eigenvalue weighted by atomic mass is 16.3. The molecule has 0 atom stereocenters. The molecule has 1 aromatic carbocycles. The molecule has 1 aromatic heterocycles. The zero-order valence-corrected chi connectivity index (χ0v) is 10.7. The molecule has 1 N–H and O–H groups in total. The number of hydrogen-bond donors (Lipinski definition) is 1. The van der Waals surface area contributed by atoms with Crippen molar-refractivity contribution in [3.63, 3.8) is 0 Å². The lowest BCUT2D eigenvalue weighted by atomic mass is 10.0. The van der Waals surface area contributed by atoms with Crippen LogP contribution < -0.4 is 5.32 Å². The van der Waals surface area contributed by atoms with Crippen molar-refractivity contribution in [3.05, 3.63) is 53.5 Å². The van der Waals surface area contributed by atoms with Gasteiger partial charge in [-0.3, -0.25) is 4.79 Å². The van der Waals surface area contributed by atoms with Crippen molar-refractivity contribution in [2.24, 2.45) is 0 Å². The van der Waals surface area contributed by atoms with Crippen LogP contribution in [0, 0.1) is 0 Å². The molecule has 0 fully saturated rings. The lowest BCUT2D eigenvalue weighted by Gasteiger charge is -2.13. The Labute approximate surface area is 107 Å². The first-order valence-corrected chi connectivity index (χ1v) is 6.21. The third-order valence-electron chi connectivity index (χ3n) is 2.98. The third kappa shape index (κ3) is 2.45. The van der Waals surface area contributed by atoms with Crippen LogP contribution in [0.2, 0.25) is 0 Å². The van der Waals surface area contributed by atoms with Crippen LogP contribution in [0.5, 0.6) is 0 Å². The maximum atomic E-state index is 12.0. The van der Waals surface area contributed by atoms with Crippen molar-refractivity contribution < 1.29 is 9.21 Å². The number of carbonyl (C=O) groups excluding carboxylic acids is 1. The molecule has 3 nitrogen and oxygen atoms in total. The minimum absolute atomic E-state index is 0.199. The molecule has 0 aliphatic rings. The maximum absolute atomic E-state index is 12.0. The molecule has 94 valence electrons. The van der Waals surface area contributed by atoms with Crippen LogP contribution in [0.4, 0.5) is 5.69 Å². The first-order valence-electron chi connectivity index (χ1n) is 6.21. The fourth-order valence-electron chi connectivity index (χ4n) is 1.99. The van der Waals surface area contributed by atoms with Gasteiger partial charge in [-0.2, -0.15) is 0 Å². The van der Waals surface area contributed by atoms with Gasteiger partial charge < -0.3 is 9.73 Å². The topological polar surface area (TPSA) is 42.2 Å². The molecule has 18 heavy (non-hydrogen) atoms. The first kappa shape index (κ1) is 12.4. The Bertz CT molecular complexity index is 507. The molecule has 0 spiro atoms. The lowest BCUT2D eigenvalue weighted by Crippen LogP contribution is -2.14. The second-order valence-corrected chi connectivity index (χ2v) is 4.09. The van der Waals surface area contributed by atoms with Crippen LogP contribution in [0.1, 0.15) is 35.5 Å². The van der Waals surface area contributed by atoms with E-state index in [0.717, 1.165) is 29.7 Å². The Morgan fingerprint density at radius 1 is 1.11 bits per heavy atom. The highest BCUT2D eigenvalue weighted by Crippen LogP contribution is 2.23. The molecule has 1 heterocycles. The molecular weight excluding hydrogens is 226 g/mol. The van der Waals surface area contributed by atoms with E-state index in [9.17, 15) is 4.79 Å². The summed E-state index contributed by atoms with van der Waals surface area (Å²) < 4.78 is 5.10. The van der Waals surface area contributed by atoms with Crippen LogP contribution in [0.3, 0.4) is 0 Å². The van der Waals surface area contributed by atoms with Gasteiger partial charge >= 0.3 is 0 Å². The van der Waals surface area contributed by atoms with E-state index < -0.39 is 0 Å². The molecule has 0 aliphatic heterocycles. The first-order chi connectivity index (χ1) is 8.76. The smallest absolute Gasteiger partial charge is 0.291 e. The van der Waals surface area contributed by atoms with E-state index in [0.29, 0.717) is 5.76 Å². The van der Waals surface area contributed by atoms with E-state index in [4.69, 9.17) is 4.42 Å². The second-order valence-electron chi connectivity index (χ2n) is 4.09. The molecule has 0 unspecified atom stereocenters. The number of amides is 1. The second kappa shape index (κ2) is 5.54.